The van der Waals surface area contributed by atoms with Crippen molar-refractivity contribution in [3.8, 4) is 0 Å². The topological polar surface area (TPSA) is 32.3 Å². The number of aryl methyl sites for hydroxylation is 1. The van der Waals surface area contributed by atoms with E-state index in [-0.39, 0.29) is 0 Å². The summed E-state index contributed by atoms with van der Waals surface area (Å²) in [6.45, 7) is 6.13. The van der Waals surface area contributed by atoms with Crippen molar-refractivity contribution in [1.82, 2.24) is 9.97 Å². The van der Waals surface area contributed by atoms with Crippen LogP contribution in [-0.2, 0) is 5.33 Å². The van der Waals surface area contributed by atoms with Crippen LogP contribution in [0.3, 0.4) is 0 Å². The Labute approximate surface area is 133 Å². The minimum absolute atomic E-state index is 0.837. The zero-order valence-corrected chi connectivity index (χ0v) is 13.8. The van der Waals surface area contributed by atoms with Crippen molar-refractivity contribution >= 4 is 27.6 Å². The summed E-state index contributed by atoms with van der Waals surface area (Å²) < 4.78 is 0. The summed E-state index contributed by atoms with van der Waals surface area (Å²) in [5.41, 5.74) is 4.01. The molecule has 110 valence electrons. The fourth-order valence-corrected chi connectivity index (χ4v) is 3.11. The van der Waals surface area contributed by atoms with E-state index in [0.717, 1.165) is 37.5 Å². The van der Waals surface area contributed by atoms with Crippen molar-refractivity contribution in [2.75, 3.05) is 36.0 Å². The average molecular weight is 347 g/mol. The molecule has 0 aliphatic carbocycles. The predicted octanol–water partition coefficient (Wildman–Crippen LogP) is 3.01. The molecule has 0 unspecified atom stereocenters. The van der Waals surface area contributed by atoms with Gasteiger partial charge in [0.05, 0.1) is 0 Å². The van der Waals surface area contributed by atoms with Gasteiger partial charge in [0.15, 0.2) is 0 Å². The Morgan fingerprint density at radius 1 is 1.05 bits per heavy atom. The summed E-state index contributed by atoms with van der Waals surface area (Å²) in [4.78, 5) is 13.4. The van der Waals surface area contributed by atoms with E-state index in [9.17, 15) is 0 Å². The average Bonchev–Trinajstić information content (AvgIpc) is 2.56. The molecule has 4 nitrogen and oxygen atoms in total. The SMILES string of the molecule is Cc1cc(CBr)ccc1N1CCN(c2ncccn2)CC1. The maximum absolute atomic E-state index is 4.33. The van der Waals surface area contributed by atoms with Gasteiger partial charge in [-0.3, -0.25) is 0 Å². The van der Waals surface area contributed by atoms with E-state index in [4.69, 9.17) is 0 Å². The molecule has 0 amide bonds. The van der Waals surface area contributed by atoms with Crippen LogP contribution in [0.15, 0.2) is 36.7 Å². The largest absolute Gasteiger partial charge is 0.368 e. The first-order valence-corrected chi connectivity index (χ1v) is 8.32. The standard InChI is InChI=1S/C16H19BrN4/c1-13-11-14(12-17)3-4-15(13)20-7-9-21(10-8-20)16-18-5-2-6-19-16/h2-6,11H,7-10,12H2,1H3. The minimum Gasteiger partial charge on any atom is -0.368 e. The fraction of sp³-hybridized carbons (Fsp3) is 0.375. The van der Waals surface area contributed by atoms with Gasteiger partial charge >= 0.3 is 0 Å². The lowest BCUT2D eigenvalue weighted by Crippen LogP contribution is -2.47. The molecule has 0 spiro atoms. The molecule has 1 aliphatic rings. The molecule has 1 aromatic heterocycles. The number of hydrogen-bond donors (Lipinski definition) is 0. The second kappa shape index (κ2) is 6.43. The lowest BCUT2D eigenvalue weighted by Gasteiger charge is -2.36. The van der Waals surface area contributed by atoms with Crippen LogP contribution in [0.2, 0.25) is 0 Å². The smallest absolute Gasteiger partial charge is 0.225 e. The number of rotatable bonds is 3. The molecular weight excluding hydrogens is 328 g/mol. The highest BCUT2D eigenvalue weighted by Crippen LogP contribution is 2.24. The number of nitrogens with zero attached hydrogens (tertiary/aromatic N) is 4. The third-order valence-electron chi connectivity index (χ3n) is 3.87. The number of halogens is 1. The van der Waals surface area contributed by atoms with Gasteiger partial charge < -0.3 is 9.80 Å². The van der Waals surface area contributed by atoms with Gasteiger partial charge in [0, 0.05) is 49.6 Å². The highest BCUT2D eigenvalue weighted by atomic mass is 79.9. The summed E-state index contributed by atoms with van der Waals surface area (Å²) in [6, 6.07) is 8.55. The Balaban J connectivity index is 1.68. The monoisotopic (exact) mass is 346 g/mol. The first-order chi connectivity index (χ1) is 10.3. The van der Waals surface area contributed by atoms with E-state index in [2.05, 4.69) is 60.8 Å². The van der Waals surface area contributed by atoms with Gasteiger partial charge in [-0.05, 0) is 30.2 Å². The third-order valence-corrected chi connectivity index (χ3v) is 4.52. The van der Waals surface area contributed by atoms with Crippen molar-refractivity contribution < 1.29 is 0 Å². The third kappa shape index (κ3) is 3.18. The molecule has 0 atom stereocenters. The number of anilines is 2. The summed E-state index contributed by atoms with van der Waals surface area (Å²) >= 11 is 3.51. The van der Waals surface area contributed by atoms with E-state index in [1.165, 1.54) is 16.8 Å². The summed E-state index contributed by atoms with van der Waals surface area (Å²) in [5.74, 6) is 0.837. The Morgan fingerprint density at radius 3 is 2.33 bits per heavy atom. The van der Waals surface area contributed by atoms with Gasteiger partial charge in [-0.15, -0.1) is 0 Å². The first kappa shape index (κ1) is 14.3. The van der Waals surface area contributed by atoms with Crippen LogP contribution in [0.25, 0.3) is 0 Å². The van der Waals surface area contributed by atoms with E-state index in [1.54, 1.807) is 12.4 Å². The van der Waals surface area contributed by atoms with Crippen LogP contribution in [0.5, 0.6) is 0 Å². The summed E-state index contributed by atoms with van der Waals surface area (Å²) in [7, 11) is 0. The molecule has 1 saturated heterocycles. The van der Waals surface area contributed by atoms with Crippen molar-refractivity contribution in [2.45, 2.75) is 12.3 Å². The van der Waals surface area contributed by atoms with Crippen molar-refractivity contribution in [1.29, 1.82) is 0 Å². The number of aromatic nitrogens is 2. The van der Waals surface area contributed by atoms with Gasteiger partial charge in [-0.2, -0.15) is 0 Å². The van der Waals surface area contributed by atoms with Crippen LogP contribution < -0.4 is 9.80 Å². The molecule has 2 aromatic rings. The van der Waals surface area contributed by atoms with Crippen molar-refractivity contribution in [3.63, 3.8) is 0 Å². The lowest BCUT2D eigenvalue weighted by molar-refractivity contribution is 0.639. The molecule has 0 bridgehead atoms. The Morgan fingerprint density at radius 2 is 1.71 bits per heavy atom. The maximum Gasteiger partial charge on any atom is 0.225 e. The molecule has 1 fully saturated rings. The Bertz CT molecular complexity index is 594. The van der Waals surface area contributed by atoms with Crippen molar-refractivity contribution in [2.24, 2.45) is 0 Å². The molecule has 3 rings (SSSR count). The molecular formula is C16H19BrN4. The van der Waals surface area contributed by atoms with Crippen LogP contribution in [0.1, 0.15) is 11.1 Å². The highest BCUT2D eigenvalue weighted by molar-refractivity contribution is 9.08. The summed E-state index contributed by atoms with van der Waals surface area (Å²) in [6.07, 6.45) is 3.61. The zero-order valence-electron chi connectivity index (χ0n) is 12.2. The highest BCUT2D eigenvalue weighted by Gasteiger charge is 2.19. The normalized spacial score (nSPS) is 15.3. The van der Waals surface area contributed by atoms with Crippen LogP contribution in [-0.4, -0.2) is 36.1 Å². The molecule has 2 heterocycles. The second-order valence-corrected chi connectivity index (χ2v) is 5.84. The Kier molecular flexibility index (Phi) is 4.39. The molecule has 0 N–H and O–H groups in total. The number of hydrogen-bond acceptors (Lipinski definition) is 4. The number of alkyl halides is 1. The van der Waals surface area contributed by atoms with E-state index in [1.807, 2.05) is 6.07 Å². The van der Waals surface area contributed by atoms with Crippen LogP contribution >= 0.6 is 15.9 Å². The van der Waals surface area contributed by atoms with Gasteiger partial charge in [-0.1, -0.05) is 28.1 Å². The van der Waals surface area contributed by atoms with E-state index >= 15 is 0 Å². The first-order valence-electron chi connectivity index (χ1n) is 7.20. The van der Waals surface area contributed by atoms with Crippen LogP contribution in [0, 0.1) is 6.92 Å². The Hall–Kier alpha value is -1.62. The van der Waals surface area contributed by atoms with Crippen LogP contribution in [0.4, 0.5) is 11.6 Å². The predicted molar refractivity (Wildman–Crippen MR) is 90.3 cm³/mol. The van der Waals surface area contributed by atoms with E-state index < -0.39 is 0 Å². The van der Waals surface area contributed by atoms with Gasteiger partial charge in [-0.25, -0.2) is 9.97 Å². The van der Waals surface area contributed by atoms with Gasteiger partial charge in [0.25, 0.3) is 0 Å². The number of piperazine rings is 1. The number of benzene rings is 1. The second-order valence-electron chi connectivity index (χ2n) is 5.28. The lowest BCUT2D eigenvalue weighted by atomic mass is 10.1. The molecule has 5 heteroatoms. The molecule has 0 saturated carbocycles. The molecule has 21 heavy (non-hydrogen) atoms. The van der Waals surface area contributed by atoms with Crippen molar-refractivity contribution in [3.05, 3.63) is 47.8 Å². The fourth-order valence-electron chi connectivity index (χ4n) is 2.76. The molecule has 0 radical (unpaired) electrons. The quantitative estimate of drug-likeness (QED) is 0.799. The molecule has 1 aliphatic heterocycles. The summed E-state index contributed by atoms with van der Waals surface area (Å²) in [5, 5.41) is 0.910. The minimum atomic E-state index is 0.837. The van der Waals surface area contributed by atoms with Gasteiger partial charge in [0.2, 0.25) is 5.95 Å². The maximum atomic E-state index is 4.33. The molecule has 1 aromatic carbocycles. The van der Waals surface area contributed by atoms with Gasteiger partial charge in [0.1, 0.15) is 0 Å². The van der Waals surface area contributed by atoms with E-state index in [0.29, 0.717) is 0 Å². The zero-order chi connectivity index (χ0) is 14.7.